The topological polar surface area (TPSA) is 95.7 Å². The first-order valence-corrected chi connectivity index (χ1v) is 12.1. The number of carbonyl (C=O) groups excluding carboxylic acids is 2. The smallest absolute Gasteiger partial charge is 0.237 e. The Morgan fingerprint density at radius 3 is 2.42 bits per heavy atom. The monoisotopic (exact) mass is 489 g/mol. The Morgan fingerprint density at radius 1 is 1.11 bits per heavy atom. The Labute approximate surface area is 210 Å². The van der Waals surface area contributed by atoms with E-state index in [9.17, 15) is 14.7 Å². The van der Waals surface area contributed by atoms with Crippen LogP contribution in [0.15, 0.2) is 54.6 Å². The molecular formula is C29H32FN3O3. The van der Waals surface area contributed by atoms with E-state index < -0.39 is 17.9 Å². The number of phenolic OH excluding ortho intramolecular Hbond substituents is 1. The van der Waals surface area contributed by atoms with Crippen molar-refractivity contribution in [3.05, 3.63) is 93.8 Å². The normalized spacial score (nSPS) is 15.8. The second kappa shape index (κ2) is 10.5. The second-order valence-electron chi connectivity index (χ2n) is 9.57. The van der Waals surface area contributed by atoms with Crippen LogP contribution in [0.2, 0.25) is 0 Å². The molecule has 1 aliphatic rings. The molecule has 2 amide bonds. The van der Waals surface area contributed by atoms with Gasteiger partial charge in [-0.1, -0.05) is 36.4 Å². The van der Waals surface area contributed by atoms with Gasteiger partial charge >= 0.3 is 0 Å². The summed E-state index contributed by atoms with van der Waals surface area (Å²) in [6.45, 7) is 5.46. The first kappa shape index (κ1) is 25.4. The molecular weight excluding hydrogens is 457 g/mol. The highest BCUT2D eigenvalue weighted by atomic mass is 19.1. The van der Waals surface area contributed by atoms with E-state index in [1.165, 1.54) is 17.9 Å². The Kier molecular flexibility index (Phi) is 7.40. The molecule has 0 bridgehead atoms. The van der Waals surface area contributed by atoms with Crippen molar-refractivity contribution in [2.45, 2.75) is 52.1 Å². The van der Waals surface area contributed by atoms with Crippen LogP contribution in [0.3, 0.4) is 0 Å². The predicted octanol–water partition coefficient (Wildman–Crippen LogP) is 4.22. The van der Waals surface area contributed by atoms with Crippen molar-refractivity contribution < 1.29 is 19.1 Å². The number of nitrogens with one attached hydrogen (secondary N) is 1. The van der Waals surface area contributed by atoms with Crippen molar-refractivity contribution in [1.29, 1.82) is 0 Å². The molecule has 0 aromatic heterocycles. The molecule has 0 saturated heterocycles. The maximum atomic E-state index is 15.4. The van der Waals surface area contributed by atoms with E-state index in [-0.39, 0.29) is 23.3 Å². The highest BCUT2D eigenvalue weighted by Gasteiger charge is 2.32. The van der Waals surface area contributed by atoms with Gasteiger partial charge in [0.15, 0.2) is 0 Å². The van der Waals surface area contributed by atoms with Crippen molar-refractivity contribution >= 4 is 17.5 Å². The summed E-state index contributed by atoms with van der Waals surface area (Å²) in [6.07, 6.45) is 1.30. The van der Waals surface area contributed by atoms with Gasteiger partial charge in [0.25, 0.3) is 0 Å². The molecule has 1 heterocycles. The van der Waals surface area contributed by atoms with Crippen molar-refractivity contribution in [3.63, 3.8) is 0 Å². The SMILES string of the molecule is CC(=O)N1CC[C@@H](NC(=O)[C@@H](N)Cc2c(C)cc(O)cc2C)c2cc(Cc3ccccc3)cc(F)c21. The van der Waals surface area contributed by atoms with Crippen LogP contribution in [0, 0.1) is 19.7 Å². The van der Waals surface area contributed by atoms with E-state index in [4.69, 9.17) is 5.73 Å². The maximum absolute atomic E-state index is 15.4. The molecule has 7 heteroatoms. The Hall–Kier alpha value is -3.71. The minimum atomic E-state index is -0.821. The Morgan fingerprint density at radius 2 is 1.78 bits per heavy atom. The number of aryl methyl sites for hydroxylation is 2. The van der Waals surface area contributed by atoms with Crippen molar-refractivity contribution in [1.82, 2.24) is 5.32 Å². The number of hydrogen-bond donors (Lipinski definition) is 3. The van der Waals surface area contributed by atoms with Crippen LogP contribution in [-0.4, -0.2) is 29.5 Å². The van der Waals surface area contributed by atoms with E-state index in [2.05, 4.69) is 5.32 Å². The Balaban J connectivity index is 1.60. The van der Waals surface area contributed by atoms with Crippen molar-refractivity contribution in [2.75, 3.05) is 11.4 Å². The number of nitrogens with two attached hydrogens (primary N) is 1. The molecule has 6 nitrogen and oxygen atoms in total. The third-order valence-electron chi connectivity index (χ3n) is 6.83. The number of benzene rings is 3. The number of hydrogen-bond acceptors (Lipinski definition) is 4. The van der Waals surface area contributed by atoms with Crippen molar-refractivity contribution in [3.8, 4) is 5.75 Å². The lowest BCUT2D eigenvalue weighted by molar-refractivity contribution is -0.123. The fourth-order valence-electron chi connectivity index (χ4n) is 5.04. The van der Waals surface area contributed by atoms with E-state index >= 15 is 4.39 Å². The number of rotatable bonds is 6. The molecule has 0 spiro atoms. The molecule has 0 aliphatic carbocycles. The van der Waals surface area contributed by atoms with Crippen LogP contribution in [-0.2, 0) is 22.4 Å². The number of amides is 2. The van der Waals surface area contributed by atoms with Crippen molar-refractivity contribution in [2.24, 2.45) is 5.73 Å². The van der Waals surface area contributed by atoms with Crippen LogP contribution in [0.25, 0.3) is 0 Å². The van der Waals surface area contributed by atoms with Crippen LogP contribution >= 0.6 is 0 Å². The number of halogens is 1. The van der Waals surface area contributed by atoms with Gasteiger partial charge < -0.3 is 21.1 Å². The minimum absolute atomic E-state index is 0.175. The number of phenols is 1. The van der Waals surface area contributed by atoms with Gasteiger partial charge in [0.2, 0.25) is 11.8 Å². The lowest BCUT2D eigenvalue weighted by atomic mass is 9.91. The summed E-state index contributed by atoms with van der Waals surface area (Å²) >= 11 is 0. The average molecular weight is 490 g/mol. The predicted molar refractivity (Wildman–Crippen MR) is 138 cm³/mol. The van der Waals surface area contributed by atoms with Gasteiger partial charge in [0.05, 0.1) is 17.8 Å². The van der Waals surface area contributed by atoms with E-state index in [1.54, 1.807) is 12.1 Å². The molecule has 4 N–H and O–H groups in total. The van der Waals surface area contributed by atoms with E-state index in [0.29, 0.717) is 31.4 Å². The van der Waals surface area contributed by atoms with Gasteiger partial charge in [-0.3, -0.25) is 9.59 Å². The zero-order chi connectivity index (χ0) is 26.0. The maximum Gasteiger partial charge on any atom is 0.237 e. The van der Waals surface area contributed by atoms with Gasteiger partial charge in [0, 0.05) is 19.0 Å². The number of carbonyl (C=O) groups is 2. The summed E-state index contributed by atoms with van der Waals surface area (Å²) in [6, 6.07) is 15.1. The third-order valence-corrected chi connectivity index (χ3v) is 6.83. The average Bonchev–Trinajstić information content (AvgIpc) is 2.82. The fraction of sp³-hybridized carbons (Fsp3) is 0.310. The summed E-state index contributed by atoms with van der Waals surface area (Å²) in [7, 11) is 0. The third kappa shape index (κ3) is 5.41. The molecule has 188 valence electrons. The summed E-state index contributed by atoms with van der Waals surface area (Å²) in [4.78, 5) is 26.8. The molecule has 4 rings (SSSR count). The molecule has 3 aromatic carbocycles. The number of aromatic hydroxyl groups is 1. The molecule has 1 aliphatic heterocycles. The van der Waals surface area contributed by atoms with Gasteiger partial charge in [-0.25, -0.2) is 4.39 Å². The van der Waals surface area contributed by atoms with Crippen LogP contribution in [0.4, 0.5) is 10.1 Å². The van der Waals surface area contributed by atoms with Crippen LogP contribution < -0.4 is 16.0 Å². The van der Waals surface area contributed by atoms with E-state index in [0.717, 1.165) is 27.8 Å². The van der Waals surface area contributed by atoms with E-state index in [1.807, 2.05) is 50.2 Å². The molecule has 36 heavy (non-hydrogen) atoms. The highest BCUT2D eigenvalue weighted by Crippen LogP contribution is 2.37. The minimum Gasteiger partial charge on any atom is -0.508 e. The summed E-state index contributed by atoms with van der Waals surface area (Å²) in [5.74, 6) is -0.894. The Bertz CT molecular complexity index is 1270. The molecule has 0 unspecified atom stereocenters. The fourth-order valence-corrected chi connectivity index (χ4v) is 5.04. The summed E-state index contributed by atoms with van der Waals surface area (Å²) in [5.41, 5.74) is 11.5. The highest BCUT2D eigenvalue weighted by molar-refractivity contribution is 5.93. The molecule has 2 atom stereocenters. The first-order chi connectivity index (χ1) is 17.1. The van der Waals surface area contributed by atoms with Crippen LogP contribution in [0.1, 0.15) is 52.8 Å². The van der Waals surface area contributed by atoms with Crippen LogP contribution in [0.5, 0.6) is 5.75 Å². The van der Waals surface area contributed by atoms with Gasteiger partial charge in [0.1, 0.15) is 11.6 Å². The van der Waals surface area contributed by atoms with Gasteiger partial charge in [-0.2, -0.15) is 0 Å². The standard InChI is InChI=1S/C29H32FN3O3/c1-17-11-22(35)12-18(2)23(17)16-26(31)29(36)32-27-9-10-33(19(3)34)28-24(27)14-21(15-25(28)30)13-20-7-5-4-6-8-20/h4-8,11-12,14-15,26-27,35H,9-10,13,16,31H2,1-3H3,(H,32,36)/t26-,27+/m0/s1. The first-order valence-electron chi connectivity index (χ1n) is 12.1. The molecule has 0 saturated carbocycles. The van der Waals surface area contributed by atoms with Gasteiger partial charge in [-0.05, 0) is 79.1 Å². The molecule has 3 aromatic rings. The quantitative estimate of drug-likeness (QED) is 0.483. The number of fused-ring (bicyclic) bond motifs is 1. The summed E-state index contributed by atoms with van der Waals surface area (Å²) in [5, 5.41) is 12.8. The molecule has 0 fully saturated rings. The lowest BCUT2D eigenvalue weighted by Crippen LogP contribution is -2.46. The summed E-state index contributed by atoms with van der Waals surface area (Å²) < 4.78 is 15.4. The largest absolute Gasteiger partial charge is 0.508 e. The zero-order valence-corrected chi connectivity index (χ0v) is 20.8. The lowest BCUT2D eigenvalue weighted by Gasteiger charge is -2.35. The molecule has 0 radical (unpaired) electrons. The second-order valence-corrected chi connectivity index (χ2v) is 9.57. The van der Waals surface area contributed by atoms with Gasteiger partial charge in [-0.15, -0.1) is 0 Å². The number of nitrogens with zero attached hydrogens (tertiary/aromatic N) is 1. The number of anilines is 1. The zero-order valence-electron chi connectivity index (χ0n) is 20.8.